The van der Waals surface area contributed by atoms with Gasteiger partial charge in [-0.25, -0.2) is 0 Å². The highest BCUT2D eigenvalue weighted by Crippen LogP contribution is 2.15. The maximum Gasteiger partial charge on any atom is 0.183 e. The minimum absolute atomic E-state index is 0.307. The Morgan fingerprint density at radius 2 is 1.91 bits per heavy atom. The molecule has 0 bridgehead atoms. The van der Waals surface area contributed by atoms with Gasteiger partial charge in [-0.1, -0.05) is 54.6 Å². The standard InChI is InChI=1S/C18H17N3OS/c19-14-21-18(23)20-12-4-7-15-8-10-17(11-9-15)22-13-16-5-2-1-3-6-16/h1-11H,12-13H2,(H2,20,21,23). The van der Waals surface area contributed by atoms with Crippen LogP contribution in [-0.2, 0) is 6.61 Å². The van der Waals surface area contributed by atoms with E-state index in [4.69, 9.17) is 10.00 Å². The van der Waals surface area contributed by atoms with Crippen LogP contribution in [-0.4, -0.2) is 11.7 Å². The highest BCUT2D eigenvalue weighted by molar-refractivity contribution is 7.96. The lowest BCUT2D eigenvalue weighted by Gasteiger charge is -2.06. The van der Waals surface area contributed by atoms with Crippen LogP contribution in [0.25, 0.3) is 6.08 Å². The number of amidine groups is 1. The quantitative estimate of drug-likeness (QED) is 0.281. The summed E-state index contributed by atoms with van der Waals surface area (Å²) in [6, 6.07) is 17.9. The molecule has 1 N–H and O–H groups in total. The first-order chi connectivity index (χ1) is 11.3. The van der Waals surface area contributed by atoms with Gasteiger partial charge in [0.25, 0.3) is 0 Å². The van der Waals surface area contributed by atoms with E-state index >= 15 is 0 Å². The molecule has 0 unspecified atom stereocenters. The first kappa shape index (κ1) is 16.7. The zero-order chi connectivity index (χ0) is 16.3. The molecule has 0 aliphatic heterocycles. The van der Waals surface area contributed by atoms with E-state index in [0.717, 1.165) is 16.9 Å². The van der Waals surface area contributed by atoms with E-state index in [0.29, 0.717) is 18.3 Å². The fourth-order valence-corrected chi connectivity index (χ4v) is 1.97. The van der Waals surface area contributed by atoms with Gasteiger partial charge in [0, 0.05) is 0 Å². The fraction of sp³-hybridized carbons (Fsp3) is 0.111. The van der Waals surface area contributed by atoms with Gasteiger partial charge in [0.2, 0.25) is 0 Å². The molecule has 116 valence electrons. The third-order valence-corrected chi connectivity index (χ3v) is 3.21. The van der Waals surface area contributed by atoms with Crippen molar-refractivity contribution in [3.8, 4) is 11.9 Å². The maximum atomic E-state index is 8.39. The smallest absolute Gasteiger partial charge is 0.183 e. The highest BCUT2D eigenvalue weighted by atomic mass is 32.1. The van der Waals surface area contributed by atoms with E-state index in [-0.39, 0.29) is 0 Å². The molecular weight excluding hydrogens is 306 g/mol. The maximum absolute atomic E-state index is 8.39. The van der Waals surface area contributed by atoms with Crippen molar-refractivity contribution in [3.63, 3.8) is 0 Å². The Bertz CT molecular complexity index is 703. The number of hydrogen-bond acceptors (Lipinski definition) is 3. The molecule has 0 aliphatic carbocycles. The van der Waals surface area contributed by atoms with Crippen molar-refractivity contribution in [1.82, 2.24) is 5.32 Å². The lowest BCUT2D eigenvalue weighted by atomic mass is 10.2. The van der Waals surface area contributed by atoms with Crippen molar-refractivity contribution in [1.29, 1.82) is 5.26 Å². The first-order valence-corrected chi connectivity index (χ1v) is 7.54. The number of hydrogen-bond donors (Lipinski definition) is 2. The summed E-state index contributed by atoms with van der Waals surface area (Å²) < 4.78 is 5.74. The van der Waals surface area contributed by atoms with E-state index < -0.39 is 0 Å². The summed E-state index contributed by atoms with van der Waals surface area (Å²) in [5.74, 6) is 0.833. The van der Waals surface area contributed by atoms with Gasteiger partial charge in [0.15, 0.2) is 11.4 Å². The first-order valence-electron chi connectivity index (χ1n) is 7.10. The van der Waals surface area contributed by atoms with Gasteiger partial charge < -0.3 is 4.74 Å². The van der Waals surface area contributed by atoms with Crippen LogP contribution in [0.2, 0.25) is 0 Å². The molecule has 0 spiro atoms. The molecule has 0 aliphatic rings. The van der Waals surface area contributed by atoms with Gasteiger partial charge >= 0.3 is 0 Å². The molecule has 4 nitrogen and oxygen atoms in total. The highest BCUT2D eigenvalue weighted by Gasteiger charge is 1.95. The Kier molecular flexibility index (Phi) is 6.76. The molecule has 0 saturated heterocycles. The van der Waals surface area contributed by atoms with Crippen LogP contribution in [0.1, 0.15) is 11.1 Å². The molecule has 0 aromatic heterocycles. The molecule has 0 amide bonds. The molecule has 0 heterocycles. The molecule has 23 heavy (non-hydrogen) atoms. The second-order valence-electron chi connectivity index (χ2n) is 4.65. The molecule has 0 radical (unpaired) electrons. The molecular formula is C18H17N3OS. The van der Waals surface area contributed by atoms with Gasteiger partial charge in [0.05, 0.1) is 6.54 Å². The van der Waals surface area contributed by atoms with Crippen molar-refractivity contribution in [3.05, 3.63) is 71.8 Å². The number of nitrogens with zero attached hydrogens (tertiary/aromatic N) is 2. The van der Waals surface area contributed by atoms with Crippen LogP contribution >= 0.6 is 12.6 Å². The Balaban J connectivity index is 1.82. The molecule has 2 aromatic rings. The number of benzene rings is 2. The molecule has 5 heteroatoms. The van der Waals surface area contributed by atoms with Crippen LogP contribution < -0.4 is 10.1 Å². The van der Waals surface area contributed by atoms with Gasteiger partial charge in [-0.2, -0.15) is 5.26 Å². The van der Waals surface area contributed by atoms with Crippen molar-refractivity contribution in [2.24, 2.45) is 4.99 Å². The van der Waals surface area contributed by atoms with Crippen molar-refractivity contribution >= 4 is 23.9 Å². The monoisotopic (exact) mass is 323 g/mol. The largest absolute Gasteiger partial charge is 0.489 e. The summed E-state index contributed by atoms with van der Waals surface area (Å²) in [4.78, 5) is 4.05. The van der Waals surface area contributed by atoms with E-state index in [2.05, 4.69) is 22.9 Å². The topological polar surface area (TPSA) is 57.4 Å². The SMILES string of the molecule is N#CNC(S)=NCC=Cc1ccc(OCc2ccccc2)cc1. The van der Waals surface area contributed by atoms with Crippen LogP contribution in [0, 0.1) is 11.5 Å². The van der Waals surface area contributed by atoms with E-state index in [1.165, 1.54) is 0 Å². The van der Waals surface area contributed by atoms with Crippen molar-refractivity contribution in [2.45, 2.75) is 6.61 Å². The molecule has 0 saturated carbocycles. The Hall–Kier alpha value is -2.71. The zero-order valence-corrected chi connectivity index (χ0v) is 13.4. The zero-order valence-electron chi connectivity index (χ0n) is 12.5. The molecule has 0 atom stereocenters. The average molecular weight is 323 g/mol. The summed E-state index contributed by atoms with van der Waals surface area (Å²) in [7, 11) is 0. The number of rotatable bonds is 6. The minimum Gasteiger partial charge on any atom is -0.489 e. The van der Waals surface area contributed by atoms with Crippen LogP contribution in [0.15, 0.2) is 65.7 Å². The number of ether oxygens (including phenoxy) is 1. The number of nitrogens with one attached hydrogen (secondary N) is 1. The van der Waals surface area contributed by atoms with Gasteiger partial charge in [-0.15, -0.1) is 12.6 Å². The summed E-state index contributed by atoms with van der Waals surface area (Å²) >= 11 is 4.00. The lowest BCUT2D eigenvalue weighted by Crippen LogP contribution is -2.10. The second kappa shape index (κ2) is 9.34. The Morgan fingerprint density at radius 3 is 2.61 bits per heavy atom. The predicted molar refractivity (Wildman–Crippen MR) is 96.3 cm³/mol. The Morgan fingerprint density at radius 1 is 1.17 bits per heavy atom. The average Bonchev–Trinajstić information content (AvgIpc) is 2.59. The fourth-order valence-electron chi connectivity index (χ4n) is 1.83. The molecule has 2 rings (SSSR count). The Labute approximate surface area is 141 Å². The van der Waals surface area contributed by atoms with Gasteiger partial charge in [0.1, 0.15) is 12.4 Å². The van der Waals surface area contributed by atoms with Crippen LogP contribution in [0.3, 0.4) is 0 Å². The predicted octanol–water partition coefficient (Wildman–Crippen LogP) is 3.64. The van der Waals surface area contributed by atoms with Crippen molar-refractivity contribution in [2.75, 3.05) is 6.54 Å². The van der Waals surface area contributed by atoms with E-state index in [1.54, 1.807) is 6.19 Å². The third kappa shape index (κ3) is 6.29. The van der Waals surface area contributed by atoms with Crippen LogP contribution in [0.5, 0.6) is 5.75 Å². The summed E-state index contributed by atoms with van der Waals surface area (Å²) in [5, 5.41) is 11.0. The second-order valence-corrected chi connectivity index (χ2v) is 5.07. The van der Waals surface area contributed by atoms with Gasteiger partial charge in [-0.3, -0.25) is 10.3 Å². The number of aliphatic imine (C=N–C) groups is 1. The minimum atomic E-state index is 0.307. The summed E-state index contributed by atoms with van der Waals surface area (Å²) in [6.07, 6.45) is 5.62. The normalized spacial score (nSPS) is 11.2. The number of nitriles is 1. The molecule has 0 fully saturated rings. The third-order valence-electron chi connectivity index (χ3n) is 2.95. The van der Waals surface area contributed by atoms with E-state index in [9.17, 15) is 0 Å². The van der Waals surface area contributed by atoms with Gasteiger partial charge in [-0.05, 0) is 23.3 Å². The lowest BCUT2D eigenvalue weighted by molar-refractivity contribution is 0.306. The summed E-state index contributed by atoms with van der Waals surface area (Å²) in [5.41, 5.74) is 2.20. The van der Waals surface area contributed by atoms with Crippen molar-refractivity contribution < 1.29 is 4.74 Å². The van der Waals surface area contributed by atoms with Crippen LogP contribution in [0.4, 0.5) is 0 Å². The number of thiol groups is 1. The van der Waals surface area contributed by atoms with E-state index in [1.807, 2.05) is 66.7 Å². The summed E-state index contributed by atoms with van der Waals surface area (Å²) in [6.45, 7) is 1.02. The molecule has 2 aromatic carbocycles.